The highest BCUT2D eigenvalue weighted by Gasteiger charge is 2.28. The first-order chi connectivity index (χ1) is 4.34. The van der Waals surface area contributed by atoms with Crippen molar-refractivity contribution in [3.63, 3.8) is 0 Å². The molecule has 0 aromatic heterocycles. The Balaban J connectivity index is 2.17. The van der Waals surface area contributed by atoms with E-state index in [1.807, 2.05) is 0 Å². The zero-order chi connectivity index (χ0) is 6.27. The molecule has 0 aromatic carbocycles. The predicted molar refractivity (Wildman–Crippen MR) is 33.5 cm³/mol. The highest BCUT2D eigenvalue weighted by Crippen LogP contribution is 2.18. The van der Waals surface area contributed by atoms with Gasteiger partial charge in [0, 0.05) is 24.6 Å². The third-order valence-corrected chi connectivity index (χ3v) is 1.78. The summed E-state index contributed by atoms with van der Waals surface area (Å²) in [7, 11) is 0. The van der Waals surface area contributed by atoms with Crippen LogP contribution in [0.3, 0.4) is 0 Å². The summed E-state index contributed by atoms with van der Waals surface area (Å²) in [4.78, 5) is 14.8. The minimum absolute atomic E-state index is 0.0764. The van der Waals surface area contributed by atoms with Gasteiger partial charge in [-0.2, -0.15) is 0 Å². The molecule has 0 atom stereocenters. The maximum absolute atomic E-state index is 10.7. The lowest BCUT2D eigenvalue weighted by Gasteiger charge is -2.24. The maximum Gasteiger partial charge on any atom is 0.241 e. The van der Waals surface area contributed by atoms with E-state index in [4.69, 9.17) is 0 Å². The van der Waals surface area contributed by atoms with Crippen LogP contribution in [-0.4, -0.2) is 24.2 Å². The summed E-state index contributed by atoms with van der Waals surface area (Å²) in [5.74, 6) is 0.0764. The molecule has 3 rings (SSSR count). The molecule has 0 saturated heterocycles. The Kier molecular flexibility index (Phi) is 0.860. The molecule has 1 aliphatic carbocycles. The fraction of sp³-hybridized carbons (Fsp3) is 0.667. The average molecular weight is 124 g/mol. The molecule has 3 heteroatoms. The van der Waals surface area contributed by atoms with Gasteiger partial charge in [0.2, 0.25) is 5.91 Å². The number of amides is 1. The Morgan fingerprint density at radius 3 is 3.11 bits per heavy atom. The number of carbonyl (C=O) groups is 1. The Labute approximate surface area is 53.2 Å². The van der Waals surface area contributed by atoms with Gasteiger partial charge in [-0.15, -0.1) is 0 Å². The highest BCUT2D eigenvalue weighted by molar-refractivity contribution is 5.96. The maximum atomic E-state index is 10.7. The van der Waals surface area contributed by atoms with E-state index in [0.717, 1.165) is 12.8 Å². The monoisotopic (exact) mass is 124 g/mol. The highest BCUT2D eigenvalue weighted by atomic mass is 16.2. The predicted octanol–water partition coefficient (Wildman–Crippen LogP) is -0.280. The topological polar surface area (TPSA) is 41.5 Å². The van der Waals surface area contributed by atoms with Crippen LogP contribution in [0, 0.1) is 0 Å². The van der Waals surface area contributed by atoms with Crippen LogP contribution in [0.5, 0.6) is 0 Å². The summed E-state index contributed by atoms with van der Waals surface area (Å²) in [6, 6.07) is 0.416. The minimum atomic E-state index is 0.0764. The van der Waals surface area contributed by atoms with Crippen molar-refractivity contribution in [2.45, 2.75) is 18.9 Å². The van der Waals surface area contributed by atoms with Gasteiger partial charge >= 0.3 is 0 Å². The van der Waals surface area contributed by atoms with Gasteiger partial charge in [-0.25, -0.2) is 0 Å². The molecule has 9 heavy (non-hydrogen) atoms. The lowest BCUT2D eigenvalue weighted by molar-refractivity contribution is -0.120. The van der Waals surface area contributed by atoms with Crippen LogP contribution in [0.2, 0.25) is 0 Å². The largest absolute Gasteiger partial charge is 0.351 e. The average Bonchev–Trinajstić information content (AvgIpc) is 1.93. The molecule has 0 unspecified atom stereocenters. The Morgan fingerprint density at radius 1 is 1.56 bits per heavy atom. The van der Waals surface area contributed by atoms with Crippen molar-refractivity contribution < 1.29 is 4.79 Å². The van der Waals surface area contributed by atoms with Gasteiger partial charge in [-0.1, -0.05) is 0 Å². The third kappa shape index (κ3) is 0.724. The van der Waals surface area contributed by atoms with Gasteiger partial charge in [0.05, 0.1) is 0 Å². The molecule has 3 nitrogen and oxygen atoms in total. The number of hydrogen-bond donors (Lipinski definition) is 1. The van der Waals surface area contributed by atoms with Crippen LogP contribution in [0.4, 0.5) is 0 Å². The second-order valence-electron chi connectivity index (χ2n) is 2.56. The molecule has 2 aliphatic heterocycles. The molecule has 3 aliphatic rings. The summed E-state index contributed by atoms with van der Waals surface area (Å²) >= 11 is 0. The van der Waals surface area contributed by atoms with E-state index >= 15 is 0 Å². The number of aliphatic imine (C=N–C) groups is 1. The van der Waals surface area contributed by atoms with Crippen LogP contribution in [0.15, 0.2) is 4.99 Å². The van der Waals surface area contributed by atoms with Gasteiger partial charge in [0.1, 0.15) is 6.54 Å². The van der Waals surface area contributed by atoms with E-state index in [2.05, 4.69) is 10.3 Å². The fourth-order valence-corrected chi connectivity index (χ4v) is 1.20. The van der Waals surface area contributed by atoms with E-state index in [9.17, 15) is 4.79 Å². The number of rotatable bonds is 0. The standard InChI is InChI=1S/C6H8N2O/c9-6-3-7-4-1-5(2-4)8-6/h5H,1-3H2,(H,8,9). The van der Waals surface area contributed by atoms with Crippen LogP contribution >= 0.6 is 0 Å². The van der Waals surface area contributed by atoms with Gasteiger partial charge in [0.25, 0.3) is 0 Å². The molecular formula is C6H8N2O. The Morgan fingerprint density at radius 2 is 2.33 bits per heavy atom. The van der Waals surface area contributed by atoms with Crippen molar-refractivity contribution in [1.82, 2.24) is 5.32 Å². The first-order valence-electron chi connectivity index (χ1n) is 3.16. The van der Waals surface area contributed by atoms with Gasteiger partial charge in [0.15, 0.2) is 0 Å². The van der Waals surface area contributed by atoms with Gasteiger partial charge < -0.3 is 5.32 Å². The second kappa shape index (κ2) is 1.56. The second-order valence-corrected chi connectivity index (χ2v) is 2.56. The minimum Gasteiger partial charge on any atom is -0.351 e. The van der Waals surface area contributed by atoms with Crippen molar-refractivity contribution in [1.29, 1.82) is 0 Å². The zero-order valence-corrected chi connectivity index (χ0v) is 5.05. The summed E-state index contributed by atoms with van der Waals surface area (Å²) in [6.07, 6.45) is 1.98. The summed E-state index contributed by atoms with van der Waals surface area (Å²) < 4.78 is 0. The SMILES string of the molecule is O=C1CN=C2CC(C2)N1. The van der Waals surface area contributed by atoms with Crippen molar-refractivity contribution >= 4 is 11.6 Å². The first-order valence-corrected chi connectivity index (χ1v) is 3.16. The van der Waals surface area contributed by atoms with E-state index in [1.54, 1.807) is 0 Å². The normalized spacial score (nSPS) is 25.8. The van der Waals surface area contributed by atoms with E-state index in [0.29, 0.717) is 12.6 Å². The lowest BCUT2D eigenvalue weighted by atomic mass is 9.91. The molecule has 2 bridgehead atoms. The van der Waals surface area contributed by atoms with Crippen molar-refractivity contribution in [2.24, 2.45) is 4.99 Å². The lowest BCUT2D eigenvalue weighted by Crippen LogP contribution is -2.42. The number of nitrogens with one attached hydrogen (secondary N) is 1. The van der Waals surface area contributed by atoms with Gasteiger partial charge in [-0.05, 0) is 0 Å². The molecule has 0 radical (unpaired) electrons. The smallest absolute Gasteiger partial charge is 0.241 e. The summed E-state index contributed by atoms with van der Waals surface area (Å²) in [5.41, 5.74) is 1.21. The molecule has 0 aromatic rings. The number of fused-ring (bicyclic) bond motifs is 3. The fourth-order valence-electron chi connectivity index (χ4n) is 1.20. The molecule has 2 heterocycles. The molecule has 1 saturated carbocycles. The van der Waals surface area contributed by atoms with Crippen molar-refractivity contribution in [2.75, 3.05) is 6.54 Å². The molecule has 1 amide bonds. The molecule has 0 spiro atoms. The Hall–Kier alpha value is -0.860. The van der Waals surface area contributed by atoms with E-state index < -0.39 is 0 Å². The molecule has 1 fully saturated rings. The van der Waals surface area contributed by atoms with Crippen LogP contribution < -0.4 is 5.32 Å². The van der Waals surface area contributed by atoms with Crippen LogP contribution in [-0.2, 0) is 4.79 Å². The Bertz CT molecular complexity index is 177. The van der Waals surface area contributed by atoms with Crippen molar-refractivity contribution in [3.8, 4) is 0 Å². The van der Waals surface area contributed by atoms with Crippen LogP contribution in [0.25, 0.3) is 0 Å². The molecule has 1 N–H and O–H groups in total. The van der Waals surface area contributed by atoms with Crippen LogP contribution in [0.1, 0.15) is 12.8 Å². The summed E-state index contributed by atoms with van der Waals surface area (Å²) in [6.45, 7) is 0.353. The number of hydrogen-bond acceptors (Lipinski definition) is 2. The van der Waals surface area contributed by atoms with Gasteiger partial charge in [-0.3, -0.25) is 9.79 Å². The van der Waals surface area contributed by atoms with E-state index in [-0.39, 0.29) is 5.91 Å². The number of nitrogens with zero attached hydrogens (tertiary/aromatic N) is 1. The quantitative estimate of drug-likeness (QED) is 0.474. The van der Waals surface area contributed by atoms with E-state index in [1.165, 1.54) is 5.71 Å². The summed E-state index contributed by atoms with van der Waals surface area (Å²) in [5, 5.41) is 2.85. The third-order valence-electron chi connectivity index (χ3n) is 1.78. The molecular weight excluding hydrogens is 116 g/mol. The molecule has 48 valence electrons. The zero-order valence-electron chi connectivity index (χ0n) is 5.05. The first kappa shape index (κ1) is 4.97. The van der Waals surface area contributed by atoms with Crippen molar-refractivity contribution in [3.05, 3.63) is 0 Å². The number of carbonyl (C=O) groups excluding carboxylic acids is 1.